The fourth-order valence-electron chi connectivity index (χ4n) is 2.26. The van der Waals surface area contributed by atoms with Gasteiger partial charge in [-0.3, -0.25) is 4.79 Å². The van der Waals surface area contributed by atoms with E-state index < -0.39 is 21.9 Å². The average Bonchev–Trinajstić information content (AvgIpc) is 2.75. The molecule has 8 heteroatoms. The molecule has 1 aromatic heterocycles. The molecule has 0 spiro atoms. The highest BCUT2D eigenvalue weighted by Crippen LogP contribution is 2.33. The Morgan fingerprint density at radius 3 is 2.74 bits per heavy atom. The Morgan fingerprint density at radius 2 is 2.21 bits per heavy atom. The summed E-state index contributed by atoms with van der Waals surface area (Å²) in [6, 6.07) is 1.53. The number of thiophene rings is 1. The predicted octanol–water partition coefficient (Wildman–Crippen LogP) is 2.13. The van der Waals surface area contributed by atoms with Gasteiger partial charge in [-0.25, -0.2) is 8.42 Å². The van der Waals surface area contributed by atoms with Gasteiger partial charge in [0.05, 0.1) is 10.9 Å². The van der Waals surface area contributed by atoms with Crippen LogP contribution < -0.4 is 0 Å². The van der Waals surface area contributed by atoms with Crippen LogP contribution in [0.3, 0.4) is 0 Å². The minimum Gasteiger partial charge on any atom is -0.481 e. The van der Waals surface area contributed by atoms with Crippen molar-refractivity contribution in [2.45, 2.75) is 17.6 Å². The van der Waals surface area contributed by atoms with Crippen molar-refractivity contribution in [3.05, 3.63) is 16.5 Å². The maximum atomic E-state index is 12.4. The van der Waals surface area contributed by atoms with Gasteiger partial charge in [-0.1, -0.05) is 18.5 Å². The van der Waals surface area contributed by atoms with E-state index >= 15 is 0 Å². The molecule has 2 rings (SSSR count). The van der Waals surface area contributed by atoms with Crippen molar-refractivity contribution in [2.75, 3.05) is 13.1 Å². The summed E-state index contributed by atoms with van der Waals surface area (Å²) >= 11 is 6.92. The van der Waals surface area contributed by atoms with E-state index in [4.69, 9.17) is 16.7 Å². The number of halogens is 1. The van der Waals surface area contributed by atoms with Gasteiger partial charge in [-0.2, -0.15) is 4.31 Å². The summed E-state index contributed by atoms with van der Waals surface area (Å²) in [7, 11) is -3.69. The fraction of sp³-hybridized carbons (Fsp3) is 0.545. The minimum absolute atomic E-state index is 0.0102. The zero-order chi connectivity index (χ0) is 14.2. The number of piperidine rings is 1. The van der Waals surface area contributed by atoms with Crippen LogP contribution in [0.4, 0.5) is 0 Å². The molecule has 1 N–H and O–H groups in total. The summed E-state index contributed by atoms with van der Waals surface area (Å²) in [5.74, 6) is -1.59. The van der Waals surface area contributed by atoms with Crippen LogP contribution in [0, 0.1) is 11.8 Å². The third kappa shape index (κ3) is 2.94. The lowest BCUT2D eigenvalue weighted by Crippen LogP contribution is -2.45. The topological polar surface area (TPSA) is 74.7 Å². The van der Waals surface area contributed by atoms with Crippen molar-refractivity contribution in [3.8, 4) is 0 Å². The van der Waals surface area contributed by atoms with Gasteiger partial charge in [-0.15, -0.1) is 11.3 Å². The molecular weight excluding hydrogens is 310 g/mol. The highest BCUT2D eigenvalue weighted by Gasteiger charge is 2.37. The second-order valence-corrected chi connectivity index (χ2v) is 8.21. The van der Waals surface area contributed by atoms with E-state index in [1.54, 1.807) is 5.38 Å². The number of nitrogens with zero attached hydrogens (tertiary/aromatic N) is 1. The summed E-state index contributed by atoms with van der Waals surface area (Å²) in [6.07, 6.45) is 0.500. The van der Waals surface area contributed by atoms with E-state index in [1.807, 2.05) is 6.92 Å². The fourth-order valence-corrected chi connectivity index (χ4v) is 5.68. The van der Waals surface area contributed by atoms with Crippen LogP contribution in [0.25, 0.3) is 0 Å². The van der Waals surface area contributed by atoms with Crippen molar-refractivity contribution in [3.63, 3.8) is 0 Å². The van der Waals surface area contributed by atoms with Crippen LogP contribution in [0.15, 0.2) is 15.7 Å². The maximum Gasteiger partial charge on any atom is 0.307 e. The molecule has 1 fully saturated rings. The Morgan fingerprint density at radius 1 is 1.53 bits per heavy atom. The van der Waals surface area contributed by atoms with Crippen molar-refractivity contribution >= 4 is 38.9 Å². The smallest absolute Gasteiger partial charge is 0.307 e. The number of sulfonamides is 1. The number of rotatable bonds is 3. The molecule has 1 aliphatic heterocycles. The normalized spacial score (nSPS) is 25.4. The number of carboxylic acid groups (broad SMARTS) is 1. The first-order valence-electron chi connectivity index (χ1n) is 5.78. The van der Waals surface area contributed by atoms with E-state index in [1.165, 1.54) is 10.4 Å². The lowest BCUT2D eigenvalue weighted by molar-refractivity contribution is -0.143. The highest BCUT2D eigenvalue weighted by molar-refractivity contribution is 7.91. The second kappa shape index (κ2) is 5.40. The Balaban J connectivity index is 2.30. The summed E-state index contributed by atoms with van der Waals surface area (Å²) in [5.41, 5.74) is 0. The number of hydrogen-bond donors (Lipinski definition) is 1. The summed E-state index contributed by atoms with van der Waals surface area (Å²) in [5, 5.41) is 10.9. The van der Waals surface area contributed by atoms with Crippen LogP contribution in [0.5, 0.6) is 0 Å². The van der Waals surface area contributed by atoms with Gasteiger partial charge in [-0.05, 0) is 23.8 Å². The first kappa shape index (κ1) is 14.8. The van der Waals surface area contributed by atoms with Crippen molar-refractivity contribution in [1.29, 1.82) is 0 Å². The van der Waals surface area contributed by atoms with Gasteiger partial charge in [0.2, 0.25) is 0 Å². The molecule has 19 heavy (non-hydrogen) atoms. The van der Waals surface area contributed by atoms with Crippen molar-refractivity contribution < 1.29 is 18.3 Å². The molecule has 2 heterocycles. The van der Waals surface area contributed by atoms with Crippen LogP contribution >= 0.6 is 22.9 Å². The lowest BCUT2D eigenvalue weighted by atomic mass is 9.92. The molecule has 106 valence electrons. The molecule has 0 amide bonds. The summed E-state index contributed by atoms with van der Waals surface area (Å²) in [4.78, 5) is 11.1. The van der Waals surface area contributed by atoms with E-state index in [-0.39, 0.29) is 21.7 Å². The first-order valence-corrected chi connectivity index (χ1v) is 8.48. The largest absolute Gasteiger partial charge is 0.481 e. The highest BCUT2D eigenvalue weighted by atomic mass is 35.5. The summed E-state index contributed by atoms with van der Waals surface area (Å²) in [6.45, 7) is 2.20. The van der Waals surface area contributed by atoms with Gasteiger partial charge in [0, 0.05) is 13.1 Å². The third-order valence-corrected chi connectivity index (χ3v) is 6.97. The van der Waals surface area contributed by atoms with Crippen LogP contribution in [0.2, 0.25) is 5.02 Å². The Hall–Kier alpha value is -0.630. The second-order valence-electron chi connectivity index (χ2n) is 4.75. The zero-order valence-electron chi connectivity index (χ0n) is 10.2. The monoisotopic (exact) mass is 323 g/mol. The molecule has 2 unspecified atom stereocenters. The van der Waals surface area contributed by atoms with Crippen LogP contribution in [0.1, 0.15) is 13.3 Å². The Bertz CT molecular complexity index is 583. The van der Waals surface area contributed by atoms with Gasteiger partial charge in [0.15, 0.2) is 4.21 Å². The number of aliphatic carboxylic acids is 1. The van der Waals surface area contributed by atoms with E-state index in [2.05, 4.69) is 0 Å². The molecule has 1 aromatic rings. The quantitative estimate of drug-likeness (QED) is 0.924. The van der Waals surface area contributed by atoms with Crippen molar-refractivity contribution in [1.82, 2.24) is 4.31 Å². The van der Waals surface area contributed by atoms with E-state index in [9.17, 15) is 13.2 Å². The summed E-state index contributed by atoms with van der Waals surface area (Å²) < 4.78 is 26.2. The molecule has 0 saturated carbocycles. The average molecular weight is 324 g/mol. The third-order valence-electron chi connectivity index (χ3n) is 3.13. The predicted molar refractivity (Wildman–Crippen MR) is 73.0 cm³/mol. The number of hydrogen-bond acceptors (Lipinski definition) is 4. The molecule has 0 radical (unpaired) electrons. The molecule has 0 bridgehead atoms. The van der Waals surface area contributed by atoms with Crippen LogP contribution in [-0.4, -0.2) is 36.9 Å². The molecule has 1 aliphatic rings. The SMILES string of the molecule is CC1CC(C(=O)O)CN(S(=O)(=O)c2sccc2Cl)C1. The molecule has 0 aromatic carbocycles. The molecule has 5 nitrogen and oxygen atoms in total. The molecule has 1 saturated heterocycles. The molecule has 2 atom stereocenters. The Kier molecular flexibility index (Phi) is 4.20. The maximum absolute atomic E-state index is 12.4. The van der Waals surface area contributed by atoms with Crippen LogP contribution in [-0.2, 0) is 14.8 Å². The van der Waals surface area contributed by atoms with Gasteiger partial charge < -0.3 is 5.11 Å². The zero-order valence-corrected chi connectivity index (χ0v) is 12.6. The minimum atomic E-state index is -3.69. The van der Waals surface area contributed by atoms with E-state index in [0.29, 0.717) is 13.0 Å². The van der Waals surface area contributed by atoms with Crippen molar-refractivity contribution in [2.24, 2.45) is 11.8 Å². The number of carboxylic acids is 1. The number of carbonyl (C=O) groups is 1. The lowest BCUT2D eigenvalue weighted by Gasteiger charge is -2.33. The van der Waals surface area contributed by atoms with Gasteiger partial charge in [0.1, 0.15) is 0 Å². The van der Waals surface area contributed by atoms with E-state index in [0.717, 1.165) is 11.3 Å². The van der Waals surface area contributed by atoms with Gasteiger partial charge >= 0.3 is 5.97 Å². The standard InChI is InChI=1S/C11H14ClNO4S2/c1-7-4-8(10(14)15)6-13(5-7)19(16,17)11-9(12)2-3-18-11/h2-3,7-8H,4-6H2,1H3,(H,14,15). The van der Waals surface area contributed by atoms with Gasteiger partial charge in [0.25, 0.3) is 10.0 Å². The Labute approximate surface area is 120 Å². The molecule has 0 aliphatic carbocycles. The first-order chi connectivity index (χ1) is 8.82. The molecular formula is C11H14ClNO4S2.